The molecule has 0 radical (unpaired) electrons. The van der Waals surface area contributed by atoms with Crippen molar-refractivity contribution in [2.45, 2.75) is 56.9 Å². The van der Waals surface area contributed by atoms with E-state index >= 15 is 0 Å². The summed E-state index contributed by atoms with van der Waals surface area (Å²) in [6.07, 6.45) is 10.1. The Labute approximate surface area is 117 Å². The Hall–Kier alpha value is -0.940. The third kappa shape index (κ3) is 2.98. The van der Waals surface area contributed by atoms with Crippen LogP contribution in [-0.4, -0.2) is 16.9 Å². The molecule has 0 aromatic carbocycles. The van der Waals surface area contributed by atoms with Crippen molar-refractivity contribution in [3.05, 3.63) is 11.1 Å². The van der Waals surface area contributed by atoms with Gasteiger partial charge in [-0.3, -0.25) is 4.79 Å². The van der Waals surface area contributed by atoms with Gasteiger partial charge in [-0.05, 0) is 31.6 Å². The molecular formula is C14H21N3OS. The lowest BCUT2D eigenvalue weighted by Gasteiger charge is -2.30. The van der Waals surface area contributed by atoms with Crippen LogP contribution in [-0.2, 0) is 4.79 Å². The number of nitrogens with zero attached hydrogens (tertiary/aromatic N) is 1. The highest BCUT2D eigenvalue weighted by atomic mass is 32.1. The van der Waals surface area contributed by atoms with Gasteiger partial charge in [0.05, 0.1) is 0 Å². The first kappa shape index (κ1) is 13.1. The van der Waals surface area contributed by atoms with E-state index in [9.17, 15) is 4.79 Å². The van der Waals surface area contributed by atoms with Crippen molar-refractivity contribution in [3.63, 3.8) is 0 Å². The smallest absolute Gasteiger partial charge is 0.229 e. The lowest BCUT2D eigenvalue weighted by atomic mass is 9.80. The quantitative estimate of drug-likeness (QED) is 0.894. The Morgan fingerprint density at radius 2 is 2.05 bits per heavy atom. The number of anilines is 1. The summed E-state index contributed by atoms with van der Waals surface area (Å²) < 4.78 is 0. The van der Waals surface area contributed by atoms with E-state index in [4.69, 9.17) is 5.73 Å². The minimum atomic E-state index is 0.0891. The van der Waals surface area contributed by atoms with Crippen LogP contribution in [0.1, 0.15) is 55.7 Å². The average molecular weight is 279 g/mol. The number of carbonyl (C=O) groups excluding carboxylic acids is 1. The second kappa shape index (κ2) is 5.59. The Bertz CT molecular complexity index is 447. The van der Waals surface area contributed by atoms with Crippen molar-refractivity contribution in [2.24, 2.45) is 11.7 Å². The van der Waals surface area contributed by atoms with E-state index in [1.165, 1.54) is 37.0 Å². The van der Waals surface area contributed by atoms with Crippen LogP contribution in [0.3, 0.4) is 0 Å². The zero-order valence-corrected chi connectivity index (χ0v) is 11.9. The molecule has 0 atom stereocenters. The summed E-state index contributed by atoms with van der Waals surface area (Å²) in [5.41, 5.74) is 5.71. The number of aromatic nitrogens is 1. The zero-order valence-electron chi connectivity index (χ0n) is 11.1. The van der Waals surface area contributed by atoms with Gasteiger partial charge in [0.2, 0.25) is 5.91 Å². The largest absolute Gasteiger partial charge is 0.328 e. The Morgan fingerprint density at radius 3 is 2.74 bits per heavy atom. The van der Waals surface area contributed by atoms with Gasteiger partial charge in [-0.1, -0.05) is 19.3 Å². The summed E-state index contributed by atoms with van der Waals surface area (Å²) in [6.45, 7) is 0. The molecule has 0 aliphatic heterocycles. The fraction of sp³-hybridized carbons (Fsp3) is 0.714. The summed E-state index contributed by atoms with van der Waals surface area (Å²) >= 11 is 1.65. The van der Waals surface area contributed by atoms with Gasteiger partial charge in [0, 0.05) is 23.0 Å². The SMILES string of the molecule is NC1CC(C(=O)Nc2ncc(C3CCCCC3)s2)C1. The van der Waals surface area contributed by atoms with Crippen molar-refractivity contribution in [1.29, 1.82) is 0 Å². The summed E-state index contributed by atoms with van der Waals surface area (Å²) in [5, 5.41) is 3.69. The molecule has 2 fully saturated rings. The monoisotopic (exact) mass is 279 g/mol. The molecule has 0 bridgehead atoms. The van der Waals surface area contributed by atoms with Gasteiger partial charge >= 0.3 is 0 Å². The third-order valence-corrected chi connectivity index (χ3v) is 5.38. The third-order valence-electron chi connectivity index (χ3n) is 4.31. The highest BCUT2D eigenvalue weighted by molar-refractivity contribution is 7.15. The maximum Gasteiger partial charge on any atom is 0.229 e. The highest BCUT2D eigenvalue weighted by Gasteiger charge is 2.32. The van der Waals surface area contributed by atoms with Crippen molar-refractivity contribution < 1.29 is 4.79 Å². The molecule has 2 aliphatic rings. The van der Waals surface area contributed by atoms with Gasteiger partial charge in [-0.2, -0.15) is 0 Å². The lowest BCUT2D eigenvalue weighted by Crippen LogP contribution is -2.42. The van der Waals surface area contributed by atoms with Crippen LogP contribution in [0.15, 0.2) is 6.20 Å². The number of hydrogen-bond donors (Lipinski definition) is 2. The predicted molar refractivity (Wildman–Crippen MR) is 77.3 cm³/mol. The molecule has 5 heteroatoms. The Kier molecular flexibility index (Phi) is 3.84. The number of thiazole rings is 1. The first-order valence-electron chi connectivity index (χ1n) is 7.24. The van der Waals surface area contributed by atoms with E-state index in [0.29, 0.717) is 5.92 Å². The molecule has 0 unspecified atom stereocenters. The fourth-order valence-electron chi connectivity index (χ4n) is 3.00. The van der Waals surface area contributed by atoms with Crippen LogP contribution in [0, 0.1) is 5.92 Å². The fourth-order valence-corrected chi connectivity index (χ4v) is 3.99. The van der Waals surface area contributed by atoms with E-state index in [0.717, 1.165) is 18.0 Å². The summed E-state index contributed by atoms with van der Waals surface area (Å²) in [4.78, 5) is 17.6. The zero-order chi connectivity index (χ0) is 13.2. The van der Waals surface area contributed by atoms with Crippen molar-refractivity contribution in [1.82, 2.24) is 4.98 Å². The molecule has 0 spiro atoms. The van der Waals surface area contributed by atoms with Crippen molar-refractivity contribution >= 4 is 22.4 Å². The van der Waals surface area contributed by atoms with E-state index in [1.807, 2.05) is 6.20 Å². The molecule has 0 saturated heterocycles. The molecule has 3 N–H and O–H groups in total. The number of amides is 1. The van der Waals surface area contributed by atoms with Crippen molar-refractivity contribution in [3.8, 4) is 0 Å². The number of carbonyl (C=O) groups is 1. The van der Waals surface area contributed by atoms with Gasteiger partial charge in [-0.15, -0.1) is 11.3 Å². The minimum absolute atomic E-state index is 0.0891. The van der Waals surface area contributed by atoms with Crippen LogP contribution in [0.25, 0.3) is 0 Å². The molecule has 1 aromatic heterocycles. The Morgan fingerprint density at radius 1 is 1.32 bits per heavy atom. The van der Waals surface area contributed by atoms with Crippen LogP contribution in [0.2, 0.25) is 0 Å². The molecular weight excluding hydrogens is 258 g/mol. The average Bonchev–Trinajstić information content (AvgIpc) is 2.84. The Balaban J connectivity index is 1.57. The summed E-state index contributed by atoms with van der Waals surface area (Å²) in [5.74, 6) is 0.845. The van der Waals surface area contributed by atoms with Gasteiger partial charge in [0.15, 0.2) is 5.13 Å². The molecule has 19 heavy (non-hydrogen) atoms. The van der Waals surface area contributed by atoms with E-state index in [-0.39, 0.29) is 17.9 Å². The van der Waals surface area contributed by atoms with Crippen LogP contribution < -0.4 is 11.1 Å². The summed E-state index contributed by atoms with van der Waals surface area (Å²) in [6, 6.07) is 0.213. The molecule has 1 heterocycles. The van der Waals surface area contributed by atoms with E-state index in [2.05, 4.69) is 10.3 Å². The first-order valence-corrected chi connectivity index (χ1v) is 8.06. The van der Waals surface area contributed by atoms with Crippen LogP contribution in [0.4, 0.5) is 5.13 Å². The lowest BCUT2D eigenvalue weighted by molar-refractivity contribution is -0.122. The predicted octanol–water partition coefficient (Wildman–Crippen LogP) is 2.87. The number of hydrogen-bond acceptors (Lipinski definition) is 4. The molecule has 3 rings (SSSR count). The van der Waals surface area contributed by atoms with Crippen LogP contribution in [0.5, 0.6) is 0 Å². The normalized spacial score (nSPS) is 27.8. The van der Waals surface area contributed by atoms with Gasteiger partial charge < -0.3 is 11.1 Å². The molecule has 4 nitrogen and oxygen atoms in total. The summed E-state index contributed by atoms with van der Waals surface area (Å²) in [7, 11) is 0. The maximum atomic E-state index is 11.9. The first-order chi connectivity index (χ1) is 9.22. The molecule has 2 saturated carbocycles. The van der Waals surface area contributed by atoms with E-state index in [1.54, 1.807) is 11.3 Å². The molecule has 1 amide bonds. The van der Waals surface area contributed by atoms with Gasteiger partial charge in [0.1, 0.15) is 0 Å². The number of rotatable bonds is 3. The second-order valence-corrected chi connectivity index (χ2v) is 6.88. The van der Waals surface area contributed by atoms with Crippen LogP contribution >= 0.6 is 11.3 Å². The maximum absolute atomic E-state index is 11.9. The molecule has 1 aromatic rings. The molecule has 2 aliphatic carbocycles. The van der Waals surface area contributed by atoms with Crippen molar-refractivity contribution in [2.75, 3.05) is 5.32 Å². The number of nitrogens with one attached hydrogen (secondary N) is 1. The number of nitrogens with two attached hydrogens (primary N) is 1. The van der Waals surface area contributed by atoms with E-state index < -0.39 is 0 Å². The molecule has 104 valence electrons. The van der Waals surface area contributed by atoms with Gasteiger partial charge in [-0.25, -0.2) is 4.98 Å². The van der Waals surface area contributed by atoms with Gasteiger partial charge in [0.25, 0.3) is 0 Å². The minimum Gasteiger partial charge on any atom is -0.328 e. The highest BCUT2D eigenvalue weighted by Crippen LogP contribution is 2.37. The topological polar surface area (TPSA) is 68.0 Å². The second-order valence-electron chi connectivity index (χ2n) is 5.82. The standard InChI is InChI=1S/C14H21N3OS/c15-11-6-10(7-11)13(18)17-14-16-8-12(19-14)9-4-2-1-3-5-9/h8-11H,1-7,15H2,(H,16,17,18).